The van der Waals surface area contributed by atoms with E-state index < -0.39 is 17.8 Å². The van der Waals surface area contributed by atoms with Gasteiger partial charge >= 0.3 is 5.97 Å². The number of carboxylic acid groups (broad SMARTS) is 1. The summed E-state index contributed by atoms with van der Waals surface area (Å²) in [5.74, 6) is -2.34. The van der Waals surface area contributed by atoms with Crippen LogP contribution >= 0.6 is 0 Å². The van der Waals surface area contributed by atoms with Crippen LogP contribution in [0.5, 0.6) is 0 Å². The molecule has 0 aliphatic carbocycles. The molecule has 0 aliphatic heterocycles. The number of nitrogens with zero attached hydrogens (tertiary/aromatic N) is 1. The van der Waals surface area contributed by atoms with Gasteiger partial charge in [-0.2, -0.15) is 0 Å². The first-order chi connectivity index (χ1) is 11.6. The summed E-state index contributed by atoms with van der Waals surface area (Å²) in [6.45, 7) is 0.628. The van der Waals surface area contributed by atoms with Crippen molar-refractivity contribution in [1.29, 1.82) is 0 Å². The first-order valence-electron chi connectivity index (χ1n) is 7.50. The molecule has 0 saturated carbocycles. The van der Waals surface area contributed by atoms with E-state index in [1.54, 1.807) is 6.20 Å². The van der Waals surface area contributed by atoms with E-state index in [9.17, 15) is 15.0 Å². The smallest absolute Gasteiger partial charge is 0.370 e. The van der Waals surface area contributed by atoms with Crippen molar-refractivity contribution >= 4 is 16.9 Å². The monoisotopic (exact) mass is 323 g/mol. The second-order valence-electron chi connectivity index (χ2n) is 5.52. The Morgan fingerprint density at radius 2 is 1.71 bits per heavy atom. The summed E-state index contributed by atoms with van der Waals surface area (Å²) in [5.41, 5.74) is 2.59. The van der Waals surface area contributed by atoms with Crippen LogP contribution in [0.2, 0.25) is 0 Å². The van der Waals surface area contributed by atoms with Gasteiger partial charge in [0.15, 0.2) is 0 Å². The van der Waals surface area contributed by atoms with Crippen molar-refractivity contribution in [2.24, 2.45) is 0 Å². The summed E-state index contributed by atoms with van der Waals surface area (Å²) in [6, 6.07) is 17.5. The maximum absolute atomic E-state index is 10.7. The molecule has 0 amide bonds. The predicted octanol–water partition coefficient (Wildman–Crippen LogP) is 3.25. The zero-order chi connectivity index (χ0) is 17.1. The third-order valence-corrected chi connectivity index (χ3v) is 3.87. The largest absolute Gasteiger partial charge is 0.502 e. The van der Waals surface area contributed by atoms with E-state index in [4.69, 9.17) is 5.11 Å². The molecule has 24 heavy (non-hydrogen) atoms. The van der Waals surface area contributed by atoms with E-state index in [2.05, 4.69) is 0 Å². The van der Waals surface area contributed by atoms with E-state index in [0.717, 1.165) is 22.5 Å². The van der Waals surface area contributed by atoms with Gasteiger partial charge in [0.05, 0.1) is 0 Å². The third kappa shape index (κ3) is 3.16. The number of rotatable bonds is 5. The lowest BCUT2D eigenvalue weighted by Crippen LogP contribution is -2.03. The molecule has 3 aromatic rings. The molecule has 5 heteroatoms. The number of aliphatic carboxylic acids is 1. The highest BCUT2D eigenvalue weighted by atomic mass is 16.4. The summed E-state index contributed by atoms with van der Waals surface area (Å²) in [4.78, 5) is 10.7. The molecular formula is C19H17NO4. The van der Waals surface area contributed by atoms with Crippen LogP contribution in [0.25, 0.3) is 10.9 Å². The molecule has 0 saturated heterocycles. The van der Waals surface area contributed by atoms with Gasteiger partial charge in [-0.05, 0) is 17.7 Å². The van der Waals surface area contributed by atoms with Crippen LogP contribution in [0, 0.1) is 0 Å². The molecule has 5 nitrogen and oxygen atoms in total. The van der Waals surface area contributed by atoms with Crippen molar-refractivity contribution in [3.05, 3.63) is 83.8 Å². The minimum Gasteiger partial charge on any atom is -0.502 e. The van der Waals surface area contributed by atoms with Crippen LogP contribution in [0.15, 0.2) is 72.6 Å². The predicted molar refractivity (Wildman–Crippen MR) is 90.8 cm³/mol. The minimum atomic E-state index is -1.47. The highest BCUT2D eigenvalue weighted by molar-refractivity contribution is 5.86. The van der Waals surface area contributed by atoms with Gasteiger partial charge in [-0.25, -0.2) is 4.79 Å². The summed E-state index contributed by atoms with van der Waals surface area (Å²) >= 11 is 0. The summed E-state index contributed by atoms with van der Waals surface area (Å²) in [6.07, 6.45) is 1.51. The van der Waals surface area contributed by atoms with E-state index in [1.165, 1.54) is 0 Å². The number of aliphatic hydroxyl groups excluding tert-OH is 2. The fourth-order valence-electron chi connectivity index (χ4n) is 2.73. The lowest BCUT2D eigenvalue weighted by Gasteiger charge is -2.05. The summed E-state index contributed by atoms with van der Waals surface area (Å²) in [7, 11) is 0. The normalized spacial score (nSPS) is 13.1. The van der Waals surface area contributed by atoms with Crippen LogP contribution < -0.4 is 0 Å². The molecule has 3 N–H and O–H groups in total. The van der Waals surface area contributed by atoms with E-state index in [-0.39, 0.29) is 0 Å². The van der Waals surface area contributed by atoms with Crippen molar-refractivity contribution in [3.8, 4) is 0 Å². The van der Waals surface area contributed by atoms with Gasteiger partial charge in [0.1, 0.15) is 6.10 Å². The van der Waals surface area contributed by atoms with Gasteiger partial charge in [-0.1, -0.05) is 48.5 Å². The zero-order valence-corrected chi connectivity index (χ0v) is 12.8. The number of hydrogen-bond donors (Lipinski definition) is 3. The molecule has 3 rings (SSSR count). The molecule has 2 aromatic carbocycles. The number of carbonyl (C=O) groups is 1. The molecule has 0 aliphatic rings. The lowest BCUT2D eigenvalue weighted by molar-refractivity contribution is -0.135. The maximum atomic E-state index is 10.7. The van der Waals surface area contributed by atoms with Crippen molar-refractivity contribution < 1.29 is 20.1 Å². The van der Waals surface area contributed by atoms with Crippen LogP contribution in [0.1, 0.15) is 17.2 Å². The van der Waals surface area contributed by atoms with Crippen molar-refractivity contribution in [2.75, 3.05) is 0 Å². The van der Waals surface area contributed by atoms with Gasteiger partial charge in [0.2, 0.25) is 5.76 Å². The Hall–Kier alpha value is -3.05. The first-order valence-corrected chi connectivity index (χ1v) is 7.50. The fourth-order valence-corrected chi connectivity index (χ4v) is 2.73. The van der Waals surface area contributed by atoms with Crippen LogP contribution in [0.4, 0.5) is 0 Å². The van der Waals surface area contributed by atoms with Gasteiger partial charge < -0.3 is 19.9 Å². The SMILES string of the molecule is O=C(O)/C(O)=C/C(O)c1cn(Cc2ccccc2)c2ccccc12. The maximum Gasteiger partial charge on any atom is 0.370 e. The van der Waals surface area contributed by atoms with Crippen molar-refractivity contribution in [3.63, 3.8) is 0 Å². The second kappa shape index (κ2) is 6.60. The molecular weight excluding hydrogens is 306 g/mol. The molecule has 1 heterocycles. The van der Waals surface area contributed by atoms with Crippen molar-refractivity contribution in [1.82, 2.24) is 4.57 Å². The molecule has 0 bridgehead atoms. The van der Waals surface area contributed by atoms with E-state index >= 15 is 0 Å². The fraction of sp³-hybridized carbons (Fsp3) is 0.105. The van der Waals surface area contributed by atoms with Gasteiger partial charge in [-0.15, -0.1) is 0 Å². The quantitative estimate of drug-likeness (QED) is 0.497. The average Bonchev–Trinajstić information content (AvgIpc) is 2.94. The molecule has 122 valence electrons. The highest BCUT2D eigenvalue weighted by Gasteiger charge is 2.16. The molecule has 1 atom stereocenters. The standard InChI is InChI=1S/C19H17NO4/c21-17(10-18(22)19(23)24)15-12-20(11-13-6-2-1-3-7-13)16-9-5-4-8-14(15)16/h1-10,12,17,21-22H,11H2,(H,23,24)/b18-10-. The van der Waals surface area contributed by atoms with E-state index in [1.807, 2.05) is 59.2 Å². The molecule has 1 unspecified atom stereocenters. The summed E-state index contributed by atoms with van der Waals surface area (Å²) in [5, 5.41) is 29.2. The highest BCUT2D eigenvalue weighted by Crippen LogP contribution is 2.28. The minimum absolute atomic E-state index is 0.550. The second-order valence-corrected chi connectivity index (χ2v) is 5.52. The third-order valence-electron chi connectivity index (χ3n) is 3.87. The number of para-hydroxylation sites is 1. The number of aromatic nitrogens is 1. The molecule has 1 aromatic heterocycles. The number of hydrogen-bond acceptors (Lipinski definition) is 3. The lowest BCUT2D eigenvalue weighted by atomic mass is 10.1. The molecule has 0 radical (unpaired) electrons. The number of carboxylic acids is 1. The van der Waals surface area contributed by atoms with Crippen LogP contribution in [-0.4, -0.2) is 25.9 Å². The number of aliphatic hydroxyl groups is 2. The van der Waals surface area contributed by atoms with Gasteiger partial charge in [0.25, 0.3) is 0 Å². The van der Waals surface area contributed by atoms with Crippen molar-refractivity contribution in [2.45, 2.75) is 12.6 Å². The average molecular weight is 323 g/mol. The van der Waals surface area contributed by atoms with Gasteiger partial charge in [0, 0.05) is 29.2 Å². The molecule has 0 fully saturated rings. The Kier molecular flexibility index (Phi) is 4.35. The molecule has 0 spiro atoms. The van der Waals surface area contributed by atoms with E-state index in [0.29, 0.717) is 12.1 Å². The number of fused-ring (bicyclic) bond motifs is 1. The van der Waals surface area contributed by atoms with Crippen LogP contribution in [0.3, 0.4) is 0 Å². The Morgan fingerprint density at radius 1 is 1.04 bits per heavy atom. The Morgan fingerprint density at radius 3 is 2.42 bits per heavy atom. The summed E-state index contributed by atoms with van der Waals surface area (Å²) < 4.78 is 1.99. The van der Waals surface area contributed by atoms with Gasteiger partial charge in [-0.3, -0.25) is 0 Å². The Balaban J connectivity index is 2.03. The van der Waals surface area contributed by atoms with Crippen LogP contribution in [-0.2, 0) is 11.3 Å². The Bertz CT molecular complexity index is 896. The topological polar surface area (TPSA) is 82.7 Å². The first kappa shape index (κ1) is 15.8. The number of benzene rings is 2. The zero-order valence-electron chi connectivity index (χ0n) is 12.8. The Labute approximate surface area is 138 Å².